The van der Waals surface area contributed by atoms with Gasteiger partial charge in [-0.3, -0.25) is 0 Å². The van der Waals surface area contributed by atoms with Gasteiger partial charge in [-0.25, -0.2) is 0 Å². The second kappa shape index (κ2) is 4.33. The first-order valence-corrected chi connectivity index (χ1v) is 5.43. The summed E-state index contributed by atoms with van der Waals surface area (Å²) in [4.78, 5) is 0. The Morgan fingerprint density at radius 3 is 2.43 bits per heavy atom. The molecule has 0 bridgehead atoms. The minimum Gasteiger partial charge on any atom is -0.0842 e. The van der Waals surface area contributed by atoms with Crippen molar-refractivity contribution < 1.29 is 0 Å². The SMILES string of the molecule is C[C]1C=CC(C2[CH]C=C(C)C[CH]2)[CH]C1. The highest BCUT2D eigenvalue weighted by atomic mass is 14.3. The maximum absolute atomic E-state index is 2.43. The summed E-state index contributed by atoms with van der Waals surface area (Å²) in [6.07, 6.45) is 16.4. The molecular weight excluding hydrogens is 168 g/mol. The van der Waals surface area contributed by atoms with Crippen LogP contribution >= 0.6 is 0 Å². The summed E-state index contributed by atoms with van der Waals surface area (Å²) in [5.74, 6) is 2.73. The van der Waals surface area contributed by atoms with E-state index in [2.05, 4.69) is 51.3 Å². The summed E-state index contributed by atoms with van der Waals surface area (Å²) in [5, 5.41) is 0. The molecule has 2 aliphatic carbocycles. The van der Waals surface area contributed by atoms with Crippen molar-refractivity contribution in [3.8, 4) is 0 Å². The average Bonchev–Trinajstić information content (AvgIpc) is 2.21. The Bertz CT molecular complexity index is 247. The summed E-state index contributed by atoms with van der Waals surface area (Å²) >= 11 is 0. The third kappa shape index (κ3) is 2.29. The molecule has 0 N–H and O–H groups in total. The van der Waals surface area contributed by atoms with Gasteiger partial charge in [-0.05, 0) is 56.8 Å². The first kappa shape index (κ1) is 10.0. The van der Waals surface area contributed by atoms with Crippen LogP contribution < -0.4 is 0 Å². The minimum absolute atomic E-state index is 0.628. The van der Waals surface area contributed by atoms with Gasteiger partial charge in [-0.1, -0.05) is 30.7 Å². The molecule has 2 aliphatic rings. The van der Waals surface area contributed by atoms with Crippen LogP contribution in [0.3, 0.4) is 0 Å². The van der Waals surface area contributed by atoms with Gasteiger partial charge in [0.2, 0.25) is 0 Å². The van der Waals surface area contributed by atoms with Crippen molar-refractivity contribution in [2.24, 2.45) is 11.8 Å². The van der Waals surface area contributed by atoms with E-state index in [0.29, 0.717) is 11.8 Å². The Morgan fingerprint density at radius 2 is 1.86 bits per heavy atom. The Morgan fingerprint density at radius 1 is 1.07 bits per heavy atom. The van der Waals surface area contributed by atoms with Gasteiger partial charge < -0.3 is 0 Å². The van der Waals surface area contributed by atoms with Crippen LogP contribution in [-0.2, 0) is 0 Å². The van der Waals surface area contributed by atoms with Gasteiger partial charge >= 0.3 is 0 Å². The first-order chi connectivity index (χ1) is 6.75. The number of rotatable bonds is 1. The van der Waals surface area contributed by atoms with Gasteiger partial charge in [-0.15, -0.1) is 0 Å². The van der Waals surface area contributed by atoms with E-state index in [1.165, 1.54) is 11.5 Å². The normalized spacial score (nSPS) is 34.3. The van der Waals surface area contributed by atoms with Crippen molar-refractivity contribution in [3.05, 3.63) is 49.0 Å². The van der Waals surface area contributed by atoms with E-state index in [-0.39, 0.29) is 0 Å². The van der Waals surface area contributed by atoms with E-state index in [4.69, 9.17) is 0 Å². The predicted octanol–water partition coefficient (Wildman–Crippen LogP) is 3.74. The van der Waals surface area contributed by atoms with Crippen LogP contribution in [-0.4, -0.2) is 0 Å². The molecule has 0 fully saturated rings. The molecule has 0 spiro atoms. The lowest BCUT2D eigenvalue weighted by atomic mass is 9.75. The van der Waals surface area contributed by atoms with Crippen LogP contribution in [0.2, 0.25) is 0 Å². The highest BCUT2D eigenvalue weighted by molar-refractivity contribution is 5.26. The second-order valence-corrected chi connectivity index (χ2v) is 4.45. The van der Waals surface area contributed by atoms with Gasteiger partial charge in [0.15, 0.2) is 0 Å². The molecule has 2 atom stereocenters. The minimum atomic E-state index is 0.628. The Kier molecular flexibility index (Phi) is 3.10. The van der Waals surface area contributed by atoms with E-state index in [1.54, 1.807) is 0 Å². The number of hydrogen-bond donors (Lipinski definition) is 0. The molecule has 2 rings (SSSR count). The van der Waals surface area contributed by atoms with E-state index >= 15 is 0 Å². The Hall–Kier alpha value is -0.520. The molecule has 0 amide bonds. The molecule has 0 aliphatic heterocycles. The molecule has 0 heterocycles. The molecule has 4 radical (unpaired) electrons. The van der Waals surface area contributed by atoms with E-state index in [9.17, 15) is 0 Å². The van der Waals surface area contributed by atoms with Gasteiger partial charge in [0, 0.05) is 0 Å². The van der Waals surface area contributed by atoms with Crippen LogP contribution in [0.1, 0.15) is 26.7 Å². The number of allylic oxidation sites excluding steroid dienone is 4. The lowest BCUT2D eigenvalue weighted by molar-refractivity contribution is 0.524. The highest BCUT2D eigenvalue weighted by Gasteiger charge is 2.24. The van der Waals surface area contributed by atoms with Crippen LogP contribution in [0, 0.1) is 37.0 Å². The van der Waals surface area contributed by atoms with Crippen molar-refractivity contribution >= 4 is 0 Å². The average molecular weight is 186 g/mol. The molecule has 14 heavy (non-hydrogen) atoms. The van der Waals surface area contributed by atoms with Crippen molar-refractivity contribution in [1.29, 1.82) is 0 Å². The largest absolute Gasteiger partial charge is 0.0842 e. The molecular formula is C14H18. The fourth-order valence-corrected chi connectivity index (χ4v) is 2.06. The standard InChI is InChI=1S/C14H18/c1-11-3-7-13(8-4-11)14-9-5-12(2)6-10-14/h3,5,7-10,13-14H,4,6H2,1-2H3. The van der Waals surface area contributed by atoms with Gasteiger partial charge in [0.05, 0.1) is 0 Å². The lowest BCUT2D eigenvalue weighted by Gasteiger charge is -2.29. The summed E-state index contributed by atoms with van der Waals surface area (Å²) in [6, 6.07) is 0. The fourth-order valence-electron chi connectivity index (χ4n) is 2.06. The predicted molar refractivity (Wildman–Crippen MR) is 60.9 cm³/mol. The summed E-state index contributed by atoms with van der Waals surface area (Å²) in [7, 11) is 0. The molecule has 0 nitrogen and oxygen atoms in total. The van der Waals surface area contributed by atoms with E-state index < -0.39 is 0 Å². The first-order valence-electron chi connectivity index (χ1n) is 5.43. The third-order valence-corrected chi connectivity index (χ3v) is 3.07. The number of hydrogen-bond acceptors (Lipinski definition) is 0. The van der Waals surface area contributed by atoms with Crippen molar-refractivity contribution in [3.63, 3.8) is 0 Å². The van der Waals surface area contributed by atoms with Crippen molar-refractivity contribution in [1.82, 2.24) is 0 Å². The Labute approximate surface area is 88.1 Å². The quantitative estimate of drug-likeness (QED) is 0.585. The second-order valence-electron chi connectivity index (χ2n) is 4.45. The smallest absolute Gasteiger partial charge is 0.00551 e. The summed E-state index contributed by atoms with van der Waals surface area (Å²) in [5.41, 5.74) is 1.48. The maximum Gasteiger partial charge on any atom is -0.00551 e. The molecule has 0 aromatic rings. The van der Waals surface area contributed by atoms with Crippen molar-refractivity contribution in [2.75, 3.05) is 0 Å². The zero-order valence-corrected chi connectivity index (χ0v) is 9.03. The molecule has 0 aromatic carbocycles. The summed E-state index contributed by atoms with van der Waals surface area (Å²) in [6.45, 7) is 4.39. The van der Waals surface area contributed by atoms with Gasteiger partial charge in [0.25, 0.3) is 0 Å². The zero-order valence-electron chi connectivity index (χ0n) is 9.03. The van der Waals surface area contributed by atoms with Crippen molar-refractivity contribution in [2.45, 2.75) is 26.7 Å². The fraction of sp³-hybridized carbons (Fsp3) is 0.429. The molecule has 2 unspecified atom stereocenters. The van der Waals surface area contributed by atoms with Crippen LogP contribution in [0.25, 0.3) is 0 Å². The lowest BCUT2D eigenvalue weighted by Crippen LogP contribution is -2.19. The third-order valence-electron chi connectivity index (χ3n) is 3.07. The Balaban J connectivity index is 1.93. The molecule has 0 saturated carbocycles. The molecule has 0 aromatic heterocycles. The van der Waals surface area contributed by atoms with E-state index in [0.717, 1.165) is 12.8 Å². The molecule has 74 valence electrons. The molecule has 0 saturated heterocycles. The van der Waals surface area contributed by atoms with Crippen LogP contribution in [0.4, 0.5) is 0 Å². The summed E-state index contributed by atoms with van der Waals surface area (Å²) < 4.78 is 0. The zero-order chi connectivity index (χ0) is 9.97. The van der Waals surface area contributed by atoms with E-state index in [1.807, 2.05) is 0 Å². The van der Waals surface area contributed by atoms with Crippen LogP contribution in [0.15, 0.2) is 23.8 Å². The van der Waals surface area contributed by atoms with Crippen LogP contribution in [0.5, 0.6) is 0 Å². The molecule has 0 heteroatoms. The van der Waals surface area contributed by atoms with Gasteiger partial charge in [-0.2, -0.15) is 0 Å². The maximum atomic E-state index is 2.43. The van der Waals surface area contributed by atoms with Gasteiger partial charge in [0.1, 0.15) is 0 Å². The monoisotopic (exact) mass is 186 g/mol. The highest BCUT2D eigenvalue weighted by Crippen LogP contribution is 2.34. The topological polar surface area (TPSA) is 0 Å².